The summed E-state index contributed by atoms with van der Waals surface area (Å²) >= 11 is 0. The summed E-state index contributed by atoms with van der Waals surface area (Å²) in [6.45, 7) is 1.35. The Morgan fingerprint density at radius 3 is 3.11 bits per heavy atom. The van der Waals surface area contributed by atoms with Crippen LogP contribution in [0.1, 0.15) is 18.4 Å². The highest BCUT2D eigenvalue weighted by Crippen LogP contribution is 2.18. The molecule has 1 unspecified atom stereocenters. The molecule has 1 amide bonds. The molecule has 1 heterocycles. The van der Waals surface area contributed by atoms with Crippen molar-refractivity contribution in [2.24, 2.45) is 0 Å². The second kappa shape index (κ2) is 6.76. The molecule has 0 spiro atoms. The minimum Gasteiger partial charge on any atom is -0.478 e. The summed E-state index contributed by atoms with van der Waals surface area (Å²) in [6.07, 6.45) is 1.85. The second-order valence-corrected chi connectivity index (χ2v) is 4.42. The summed E-state index contributed by atoms with van der Waals surface area (Å²) in [5, 5.41) is 14.6. The Morgan fingerprint density at radius 2 is 2.32 bits per heavy atom. The zero-order valence-electron chi connectivity index (χ0n) is 10.7. The molecule has 1 fully saturated rings. The highest BCUT2D eigenvalue weighted by molar-refractivity contribution is 5.82. The first-order chi connectivity index (χ1) is 9.31. The molecule has 2 rings (SSSR count). The van der Waals surface area contributed by atoms with E-state index in [9.17, 15) is 4.79 Å². The smallest absolute Gasteiger partial charge is 0.237 e. The number of rotatable bonds is 5. The maximum Gasteiger partial charge on any atom is 0.237 e. The summed E-state index contributed by atoms with van der Waals surface area (Å²) < 4.78 is 5.35. The summed E-state index contributed by atoms with van der Waals surface area (Å²) in [7, 11) is 0. The van der Waals surface area contributed by atoms with Crippen LogP contribution in [0, 0.1) is 11.3 Å². The zero-order valence-corrected chi connectivity index (χ0v) is 10.7. The van der Waals surface area contributed by atoms with Crippen molar-refractivity contribution in [3.05, 3.63) is 29.8 Å². The quantitative estimate of drug-likeness (QED) is 0.826. The van der Waals surface area contributed by atoms with Gasteiger partial charge in [-0.25, -0.2) is 0 Å². The molecule has 0 bridgehead atoms. The van der Waals surface area contributed by atoms with Crippen molar-refractivity contribution in [3.63, 3.8) is 0 Å². The van der Waals surface area contributed by atoms with E-state index in [-0.39, 0.29) is 18.6 Å². The average molecular weight is 259 g/mol. The Bertz CT molecular complexity index is 482. The van der Waals surface area contributed by atoms with E-state index < -0.39 is 0 Å². The number of hydrogen-bond acceptors (Lipinski definition) is 4. The third kappa shape index (κ3) is 3.70. The van der Waals surface area contributed by atoms with Gasteiger partial charge in [-0.1, -0.05) is 18.2 Å². The molecule has 19 heavy (non-hydrogen) atoms. The number of piperidine rings is 1. The lowest BCUT2D eigenvalue weighted by atomic mass is 10.1. The van der Waals surface area contributed by atoms with Gasteiger partial charge in [0.15, 0.2) is 6.61 Å². The first-order valence-corrected chi connectivity index (χ1v) is 6.40. The van der Waals surface area contributed by atoms with Crippen LogP contribution in [0.15, 0.2) is 24.3 Å². The van der Waals surface area contributed by atoms with E-state index >= 15 is 0 Å². The number of amides is 1. The summed E-state index contributed by atoms with van der Waals surface area (Å²) in [5.74, 6) is 0.745. The number of nitrogens with one attached hydrogen (secondary N) is 2. The Balaban J connectivity index is 1.95. The molecular weight excluding hydrogens is 242 g/mol. The second-order valence-electron chi connectivity index (χ2n) is 4.42. The zero-order chi connectivity index (χ0) is 13.5. The SMILES string of the molecule is N#CCOc1ccccc1CNC1CCCNC1=O. The van der Waals surface area contributed by atoms with Crippen molar-refractivity contribution >= 4 is 5.91 Å². The maximum atomic E-state index is 11.6. The number of para-hydroxylation sites is 1. The topological polar surface area (TPSA) is 74.2 Å². The Hall–Kier alpha value is -2.06. The number of nitriles is 1. The highest BCUT2D eigenvalue weighted by Gasteiger charge is 2.21. The van der Waals surface area contributed by atoms with Crippen LogP contribution in [0.2, 0.25) is 0 Å². The highest BCUT2D eigenvalue weighted by atomic mass is 16.5. The average Bonchev–Trinajstić information content (AvgIpc) is 2.45. The summed E-state index contributed by atoms with van der Waals surface area (Å²) in [6, 6.07) is 9.35. The molecule has 1 atom stereocenters. The molecule has 1 aromatic carbocycles. The van der Waals surface area contributed by atoms with Gasteiger partial charge in [-0.05, 0) is 18.9 Å². The van der Waals surface area contributed by atoms with Crippen molar-refractivity contribution in [2.75, 3.05) is 13.2 Å². The van der Waals surface area contributed by atoms with Crippen molar-refractivity contribution in [2.45, 2.75) is 25.4 Å². The minimum atomic E-state index is -0.141. The molecule has 0 saturated carbocycles. The third-order valence-corrected chi connectivity index (χ3v) is 3.09. The number of carbonyl (C=O) groups excluding carboxylic acids is 1. The third-order valence-electron chi connectivity index (χ3n) is 3.09. The number of nitrogens with zero attached hydrogens (tertiary/aromatic N) is 1. The largest absolute Gasteiger partial charge is 0.478 e. The van der Waals surface area contributed by atoms with Crippen LogP contribution < -0.4 is 15.4 Å². The number of benzene rings is 1. The fourth-order valence-corrected chi connectivity index (χ4v) is 2.10. The van der Waals surface area contributed by atoms with Crippen molar-refractivity contribution in [1.29, 1.82) is 5.26 Å². The molecule has 1 aliphatic rings. The van der Waals surface area contributed by atoms with Gasteiger partial charge in [0.1, 0.15) is 11.8 Å². The lowest BCUT2D eigenvalue weighted by Gasteiger charge is -2.23. The van der Waals surface area contributed by atoms with Gasteiger partial charge in [0.25, 0.3) is 0 Å². The van der Waals surface area contributed by atoms with Crippen LogP contribution in [-0.2, 0) is 11.3 Å². The van der Waals surface area contributed by atoms with Crippen LogP contribution in [0.25, 0.3) is 0 Å². The fraction of sp³-hybridized carbons (Fsp3) is 0.429. The standard InChI is InChI=1S/C14H17N3O2/c15-7-9-19-13-6-2-1-4-11(13)10-17-12-5-3-8-16-14(12)18/h1-2,4,6,12,17H,3,5,8-10H2,(H,16,18). The molecular formula is C14H17N3O2. The number of hydrogen-bond donors (Lipinski definition) is 2. The number of carbonyl (C=O) groups is 1. The van der Waals surface area contributed by atoms with Gasteiger partial charge < -0.3 is 15.4 Å². The van der Waals surface area contributed by atoms with E-state index in [1.807, 2.05) is 30.3 Å². The molecule has 0 radical (unpaired) electrons. The van der Waals surface area contributed by atoms with Crippen molar-refractivity contribution in [1.82, 2.24) is 10.6 Å². The molecule has 2 N–H and O–H groups in total. The predicted molar refractivity (Wildman–Crippen MR) is 70.4 cm³/mol. The molecule has 100 valence electrons. The Kier molecular flexibility index (Phi) is 4.76. The van der Waals surface area contributed by atoms with Gasteiger partial charge in [0.2, 0.25) is 5.91 Å². The molecule has 1 aliphatic heterocycles. The first-order valence-electron chi connectivity index (χ1n) is 6.40. The van der Waals surface area contributed by atoms with Crippen molar-refractivity contribution < 1.29 is 9.53 Å². The molecule has 1 saturated heterocycles. The van der Waals surface area contributed by atoms with Crippen LogP contribution in [0.5, 0.6) is 5.75 Å². The lowest BCUT2D eigenvalue weighted by Crippen LogP contribution is -2.47. The molecule has 0 aliphatic carbocycles. The number of ether oxygens (including phenoxy) is 1. The molecule has 5 nitrogen and oxygen atoms in total. The van der Waals surface area contributed by atoms with E-state index in [1.165, 1.54) is 0 Å². The fourth-order valence-electron chi connectivity index (χ4n) is 2.10. The van der Waals surface area contributed by atoms with E-state index in [1.54, 1.807) is 0 Å². The van der Waals surface area contributed by atoms with E-state index in [0.717, 1.165) is 24.9 Å². The summed E-state index contributed by atoms with van der Waals surface area (Å²) in [5.41, 5.74) is 0.955. The van der Waals surface area contributed by atoms with Crippen LogP contribution in [0.3, 0.4) is 0 Å². The monoisotopic (exact) mass is 259 g/mol. The van der Waals surface area contributed by atoms with Crippen LogP contribution in [0.4, 0.5) is 0 Å². The van der Waals surface area contributed by atoms with Gasteiger partial charge in [0.05, 0.1) is 6.04 Å². The molecule has 0 aromatic heterocycles. The normalized spacial score (nSPS) is 18.5. The van der Waals surface area contributed by atoms with Gasteiger partial charge in [-0.2, -0.15) is 5.26 Å². The van der Waals surface area contributed by atoms with Gasteiger partial charge in [-0.15, -0.1) is 0 Å². The minimum absolute atomic E-state index is 0.0287. The lowest BCUT2D eigenvalue weighted by molar-refractivity contribution is -0.124. The maximum absolute atomic E-state index is 11.6. The molecule has 1 aromatic rings. The van der Waals surface area contributed by atoms with Gasteiger partial charge in [-0.3, -0.25) is 4.79 Å². The van der Waals surface area contributed by atoms with E-state index in [0.29, 0.717) is 12.3 Å². The van der Waals surface area contributed by atoms with E-state index in [4.69, 9.17) is 10.00 Å². The first kappa shape index (κ1) is 13.4. The van der Waals surface area contributed by atoms with Crippen LogP contribution in [-0.4, -0.2) is 25.1 Å². The Morgan fingerprint density at radius 1 is 1.47 bits per heavy atom. The van der Waals surface area contributed by atoms with Gasteiger partial charge in [0, 0.05) is 18.7 Å². The molecule has 5 heteroatoms. The van der Waals surface area contributed by atoms with Gasteiger partial charge >= 0.3 is 0 Å². The van der Waals surface area contributed by atoms with E-state index in [2.05, 4.69) is 10.6 Å². The van der Waals surface area contributed by atoms with Crippen molar-refractivity contribution in [3.8, 4) is 11.8 Å². The Labute approximate surface area is 112 Å². The predicted octanol–water partition coefficient (Wildman–Crippen LogP) is 0.957. The summed E-state index contributed by atoms with van der Waals surface area (Å²) in [4.78, 5) is 11.6. The van der Waals surface area contributed by atoms with Crippen LogP contribution >= 0.6 is 0 Å².